The Morgan fingerprint density at radius 1 is 1.41 bits per heavy atom. The minimum absolute atomic E-state index is 0.0467. The molecule has 0 aromatic heterocycles. The molecular weight excluding hydrogens is 284 g/mol. The average molecular weight is 299 g/mol. The summed E-state index contributed by atoms with van der Waals surface area (Å²) in [7, 11) is 0. The average Bonchev–Trinajstić information content (AvgIpc) is 3.08. The molecule has 0 N–H and O–H groups in total. The first-order valence-electron chi connectivity index (χ1n) is 5.75. The van der Waals surface area contributed by atoms with Crippen molar-refractivity contribution < 1.29 is 14.3 Å². The van der Waals surface area contributed by atoms with Crippen molar-refractivity contribution in [3.05, 3.63) is 28.7 Å². The molecule has 3 nitrogen and oxygen atoms in total. The van der Waals surface area contributed by atoms with Crippen LogP contribution in [0, 0.1) is 11.8 Å². The zero-order chi connectivity index (χ0) is 12.3. The van der Waals surface area contributed by atoms with E-state index in [1.165, 1.54) is 0 Å². The van der Waals surface area contributed by atoms with Gasteiger partial charge in [-0.2, -0.15) is 0 Å². The summed E-state index contributed by atoms with van der Waals surface area (Å²) in [6.45, 7) is 2.87. The number of benzene rings is 1. The van der Waals surface area contributed by atoms with E-state index in [-0.39, 0.29) is 11.9 Å². The number of hydrogen-bond donors (Lipinski definition) is 0. The minimum atomic E-state index is -0.0862. The van der Waals surface area contributed by atoms with Crippen molar-refractivity contribution >= 4 is 21.9 Å². The van der Waals surface area contributed by atoms with Gasteiger partial charge in [-0.1, -0.05) is 15.9 Å². The number of carbonyl (C=O) groups is 1. The minimum Gasteiger partial charge on any atom is -0.493 e. The first-order valence-corrected chi connectivity index (χ1v) is 6.55. The Hall–Kier alpha value is -1.03. The molecule has 1 aliphatic carbocycles. The molecule has 0 amide bonds. The number of halogens is 1. The highest BCUT2D eigenvalue weighted by Gasteiger charge is 2.44. The molecule has 2 rings (SSSR count). The molecule has 1 saturated carbocycles. The van der Waals surface area contributed by atoms with Gasteiger partial charge in [-0.25, -0.2) is 0 Å². The molecule has 17 heavy (non-hydrogen) atoms. The highest BCUT2D eigenvalue weighted by Crippen LogP contribution is 2.39. The molecule has 1 aliphatic rings. The van der Waals surface area contributed by atoms with Gasteiger partial charge in [0.25, 0.3) is 0 Å². The molecule has 0 unspecified atom stereocenters. The summed E-state index contributed by atoms with van der Waals surface area (Å²) >= 11 is 3.37. The van der Waals surface area contributed by atoms with E-state index in [2.05, 4.69) is 15.9 Å². The van der Waals surface area contributed by atoms with Crippen molar-refractivity contribution in [1.82, 2.24) is 0 Å². The molecule has 1 aromatic rings. The van der Waals surface area contributed by atoms with Gasteiger partial charge in [-0.3, -0.25) is 4.79 Å². The van der Waals surface area contributed by atoms with Crippen LogP contribution in [-0.2, 0) is 9.53 Å². The van der Waals surface area contributed by atoms with Crippen LogP contribution in [0.5, 0.6) is 5.75 Å². The Morgan fingerprint density at radius 2 is 2.12 bits per heavy atom. The zero-order valence-corrected chi connectivity index (χ0v) is 11.3. The quantitative estimate of drug-likeness (QED) is 0.784. The summed E-state index contributed by atoms with van der Waals surface area (Å²) in [6.07, 6.45) is 0.884. The maximum Gasteiger partial charge on any atom is 0.309 e. The van der Waals surface area contributed by atoms with Gasteiger partial charge in [0.15, 0.2) is 0 Å². The van der Waals surface area contributed by atoms with Gasteiger partial charge >= 0.3 is 5.97 Å². The van der Waals surface area contributed by atoms with Crippen molar-refractivity contribution in [3.8, 4) is 5.75 Å². The van der Waals surface area contributed by atoms with Crippen LogP contribution in [0.25, 0.3) is 0 Å². The van der Waals surface area contributed by atoms with Gasteiger partial charge in [0.2, 0.25) is 0 Å². The Kier molecular flexibility index (Phi) is 4.05. The molecule has 1 aromatic carbocycles. The smallest absolute Gasteiger partial charge is 0.309 e. The van der Waals surface area contributed by atoms with E-state index < -0.39 is 0 Å². The lowest BCUT2D eigenvalue weighted by atomic mass is 10.3. The van der Waals surface area contributed by atoms with Crippen molar-refractivity contribution in [2.45, 2.75) is 13.3 Å². The van der Waals surface area contributed by atoms with Crippen LogP contribution >= 0.6 is 15.9 Å². The molecule has 0 bridgehead atoms. The van der Waals surface area contributed by atoms with E-state index in [1.807, 2.05) is 31.2 Å². The number of rotatable bonds is 5. The van der Waals surface area contributed by atoms with Crippen LogP contribution in [0.4, 0.5) is 0 Å². The normalized spacial score (nSPS) is 22.0. The summed E-state index contributed by atoms with van der Waals surface area (Å²) in [5, 5.41) is 0. The van der Waals surface area contributed by atoms with E-state index in [4.69, 9.17) is 9.47 Å². The molecule has 0 spiro atoms. The van der Waals surface area contributed by atoms with Gasteiger partial charge in [0, 0.05) is 10.4 Å². The van der Waals surface area contributed by atoms with Crippen molar-refractivity contribution in [1.29, 1.82) is 0 Å². The molecule has 0 heterocycles. The van der Waals surface area contributed by atoms with Crippen molar-refractivity contribution in [2.24, 2.45) is 11.8 Å². The van der Waals surface area contributed by atoms with Crippen LogP contribution in [0.2, 0.25) is 0 Å². The molecule has 1 fully saturated rings. The largest absolute Gasteiger partial charge is 0.493 e. The lowest BCUT2D eigenvalue weighted by molar-refractivity contribution is -0.145. The topological polar surface area (TPSA) is 35.5 Å². The Balaban J connectivity index is 1.74. The Labute approximate surface area is 109 Å². The molecule has 92 valence electrons. The number of hydrogen-bond acceptors (Lipinski definition) is 3. The summed E-state index contributed by atoms with van der Waals surface area (Å²) in [4.78, 5) is 11.4. The molecule has 2 atom stereocenters. The van der Waals surface area contributed by atoms with Crippen molar-refractivity contribution in [3.63, 3.8) is 0 Å². The fourth-order valence-electron chi connectivity index (χ4n) is 1.70. The molecular formula is C13H15BrO3. The maximum atomic E-state index is 11.4. The van der Waals surface area contributed by atoms with Gasteiger partial charge in [0.1, 0.15) is 5.75 Å². The van der Waals surface area contributed by atoms with Crippen molar-refractivity contribution in [2.75, 3.05) is 13.2 Å². The number of carbonyl (C=O) groups excluding carboxylic acids is 1. The van der Waals surface area contributed by atoms with Crippen LogP contribution in [-0.4, -0.2) is 19.2 Å². The van der Waals surface area contributed by atoms with E-state index >= 15 is 0 Å². The van der Waals surface area contributed by atoms with E-state index in [9.17, 15) is 4.79 Å². The predicted molar refractivity (Wildman–Crippen MR) is 67.9 cm³/mol. The summed E-state index contributed by atoms with van der Waals surface area (Å²) in [5.74, 6) is 1.11. The second-order valence-electron chi connectivity index (χ2n) is 4.12. The molecule has 0 radical (unpaired) electrons. The van der Waals surface area contributed by atoms with Gasteiger partial charge in [0.05, 0.1) is 19.1 Å². The zero-order valence-electron chi connectivity index (χ0n) is 9.69. The standard InChI is InChI=1S/C13H15BrO3/c1-2-16-13(15)12-7-9(12)8-17-11-5-3-10(14)4-6-11/h3-6,9,12H,2,7-8H2,1H3/t9-,12+/m1/s1. The fraction of sp³-hybridized carbons (Fsp3) is 0.462. The third kappa shape index (κ3) is 3.46. The van der Waals surface area contributed by atoms with Crippen LogP contribution in [0.15, 0.2) is 28.7 Å². The maximum absolute atomic E-state index is 11.4. The monoisotopic (exact) mass is 298 g/mol. The lowest BCUT2D eigenvalue weighted by Crippen LogP contribution is -2.10. The number of esters is 1. The Bertz CT molecular complexity index is 388. The third-order valence-electron chi connectivity index (χ3n) is 2.79. The summed E-state index contributed by atoms with van der Waals surface area (Å²) in [6, 6.07) is 7.69. The molecule has 0 aliphatic heterocycles. The highest BCUT2D eigenvalue weighted by atomic mass is 79.9. The second-order valence-corrected chi connectivity index (χ2v) is 5.03. The van der Waals surface area contributed by atoms with E-state index in [1.54, 1.807) is 0 Å². The third-order valence-corrected chi connectivity index (χ3v) is 3.32. The number of ether oxygens (including phenoxy) is 2. The fourth-order valence-corrected chi connectivity index (χ4v) is 1.97. The van der Waals surface area contributed by atoms with Crippen LogP contribution < -0.4 is 4.74 Å². The first-order chi connectivity index (χ1) is 8.20. The highest BCUT2D eigenvalue weighted by molar-refractivity contribution is 9.10. The summed E-state index contributed by atoms with van der Waals surface area (Å²) < 4.78 is 11.6. The SMILES string of the molecule is CCOC(=O)[C@H]1C[C@@H]1COc1ccc(Br)cc1. The van der Waals surface area contributed by atoms with Gasteiger partial charge < -0.3 is 9.47 Å². The molecule has 4 heteroatoms. The Morgan fingerprint density at radius 3 is 2.76 bits per heavy atom. The van der Waals surface area contributed by atoms with E-state index in [0.29, 0.717) is 19.1 Å². The predicted octanol–water partition coefficient (Wildman–Crippen LogP) is 3.03. The van der Waals surface area contributed by atoms with Gasteiger partial charge in [-0.05, 0) is 37.6 Å². The summed E-state index contributed by atoms with van der Waals surface area (Å²) in [5.41, 5.74) is 0. The lowest BCUT2D eigenvalue weighted by Gasteiger charge is -2.05. The first kappa shape index (κ1) is 12.4. The van der Waals surface area contributed by atoms with Crippen LogP contribution in [0.3, 0.4) is 0 Å². The van der Waals surface area contributed by atoms with E-state index in [0.717, 1.165) is 16.6 Å². The van der Waals surface area contributed by atoms with Crippen LogP contribution in [0.1, 0.15) is 13.3 Å². The second kappa shape index (κ2) is 5.54. The van der Waals surface area contributed by atoms with Gasteiger partial charge in [-0.15, -0.1) is 0 Å². The molecule has 0 saturated heterocycles.